The molecule has 1 amide bonds. The van der Waals surface area contributed by atoms with Gasteiger partial charge in [0.05, 0.1) is 25.4 Å². The van der Waals surface area contributed by atoms with Crippen molar-refractivity contribution in [1.82, 2.24) is 5.32 Å². The molecular weight excluding hydrogens is 1010 g/mol. The van der Waals surface area contributed by atoms with Crippen LogP contribution >= 0.6 is 0 Å². The zero-order valence-electron chi connectivity index (χ0n) is 53.0. The fourth-order valence-corrected chi connectivity index (χ4v) is 11.6. The number of aliphatic hydroxyl groups is 7. The molecule has 1 saturated heterocycles. The maximum atomic E-state index is 13.2. The lowest BCUT2D eigenvalue weighted by Crippen LogP contribution is -2.60. The van der Waals surface area contributed by atoms with Crippen LogP contribution in [-0.4, -0.2) is 110 Å². The number of ether oxygens (including phenoxy) is 2. The minimum Gasteiger partial charge on any atom is -0.394 e. The van der Waals surface area contributed by atoms with E-state index in [1.54, 1.807) is 0 Å². The first-order valence-electron chi connectivity index (χ1n) is 35.2. The molecule has 0 saturated carbocycles. The molecule has 1 rings (SSSR count). The van der Waals surface area contributed by atoms with Crippen molar-refractivity contribution < 1.29 is 50.0 Å². The molecule has 8 N–H and O–H groups in total. The van der Waals surface area contributed by atoms with E-state index < -0.39 is 74.2 Å². The minimum atomic E-state index is -1.67. The number of unbranched alkanes of at least 4 members (excludes halogenated alkanes) is 46. The number of carbonyl (C=O) groups excluding carboxylic acids is 1. The molecule has 480 valence electrons. The first-order chi connectivity index (χ1) is 39.7. The third-order valence-corrected chi connectivity index (χ3v) is 17.2. The zero-order valence-corrected chi connectivity index (χ0v) is 53.0. The van der Waals surface area contributed by atoms with E-state index in [9.17, 15) is 40.5 Å². The second-order valence-electron chi connectivity index (χ2n) is 25.0. The van der Waals surface area contributed by atoms with Crippen LogP contribution in [0.2, 0.25) is 0 Å². The van der Waals surface area contributed by atoms with Gasteiger partial charge < -0.3 is 50.5 Å². The summed E-state index contributed by atoms with van der Waals surface area (Å²) in [5.74, 6) is -0.703. The molecule has 9 unspecified atom stereocenters. The van der Waals surface area contributed by atoms with Crippen molar-refractivity contribution in [2.24, 2.45) is 0 Å². The molecule has 0 radical (unpaired) electrons. The van der Waals surface area contributed by atoms with E-state index >= 15 is 0 Å². The van der Waals surface area contributed by atoms with E-state index in [1.807, 2.05) is 0 Å². The Hall–Kier alpha value is -1.41. The number of amides is 1. The van der Waals surface area contributed by atoms with Gasteiger partial charge in [-0.05, 0) is 51.4 Å². The average molecular weight is 1150 g/mol. The molecule has 11 heteroatoms. The highest BCUT2D eigenvalue weighted by molar-refractivity contribution is 5.80. The van der Waals surface area contributed by atoms with Gasteiger partial charge >= 0.3 is 0 Å². The van der Waals surface area contributed by atoms with Crippen molar-refractivity contribution in [2.45, 2.75) is 403 Å². The molecule has 0 aliphatic carbocycles. The van der Waals surface area contributed by atoms with Gasteiger partial charge in [0, 0.05) is 0 Å². The summed E-state index contributed by atoms with van der Waals surface area (Å²) in [6, 6.07) is -1.19. The van der Waals surface area contributed by atoms with Gasteiger partial charge in [0.25, 0.3) is 0 Å². The minimum absolute atomic E-state index is 0.249. The second kappa shape index (κ2) is 58.9. The number of nitrogens with one attached hydrogen (secondary N) is 1. The lowest BCUT2D eigenvalue weighted by Gasteiger charge is -2.40. The standard InChI is InChI=1S/C70H135NO10/c1-3-5-7-9-11-13-15-17-19-21-23-25-26-27-28-29-30-31-32-33-34-35-36-37-38-40-42-44-46-48-50-52-54-56-58-63(74)69(79)71-61(60-80-70-68(78)67(77)66(76)64(59-72)81-70)65(75)62(73)57-55-53-51-49-47-45-43-41-39-24-22-20-18-16-14-12-10-8-6-4-2/h41,43,49,51,61-68,70,72-78H,3-40,42,44-48,50,52-60H2,1-2H3,(H,71,79)/b43-41+,51-49+. The molecule has 0 spiro atoms. The summed E-state index contributed by atoms with van der Waals surface area (Å²) in [4.78, 5) is 13.2. The van der Waals surface area contributed by atoms with Gasteiger partial charge in [0.2, 0.25) is 5.91 Å². The maximum absolute atomic E-state index is 13.2. The normalized spacial score (nSPS) is 19.2. The van der Waals surface area contributed by atoms with Gasteiger partial charge in [0.1, 0.15) is 36.6 Å². The number of hydrogen-bond donors (Lipinski definition) is 8. The number of aliphatic hydroxyl groups excluding tert-OH is 7. The van der Waals surface area contributed by atoms with Gasteiger partial charge in [-0.3, -0.25) is 4.79 Å². The lowest BCUT2D eigenvalue weighted by molar-refractivity contribution is -0.303. The van der Waals surface area contributed by atoms with E-state index in [0.29, 0.717) is 19.3 Å². The SMILES string of the molecule is CCCCCCCCCCCCC/C=C/CC/C=C/CCCC(O)C(O)C(COC1OC(CO)C(O)C(O)C1O)NC(=O)C(O)CCCCCCCCCCCCCCCCCCCCCCCCCCCCCCCCCCCC. The van der Waals surface area contributed by atoms with E-state index in [1.165, 1.54) is 263 Å². The van der Waals surface area contributed by atoms with E-state index in [-0.39, 0.29) is 12.8 Å². The molecule has 1 aliphatic heterocycles. The third-order valence-electron chi connectivity index (χ3n) is 17.2. The molecule has 0 aromatic rings. The summed E-state index contributed by atoms with van der Waals surface area (Å²) < 4.78 is 11.2. The van der Waals surface area contributed by atoms with Crippen LogP contribution in [0.4, 0.5) is 0 Å². The van der Waals surface area contributed by atoms with Crippen LogP contribution in [-0.2, 0) is 14.3 Å². The fraction of sp³-hybridized carbons (Fsp3) is 0.929. The Morgan fingerprint density at radius 3 is 1.10 bits per heavy atom. The summed E-state index contributed by atoms with van der Waals surface area (Å²) in [7, 11) is 0. The number of carbonyl (C=O) groups is 1. The Morgan fingerprint density at radius 2 is 0.741 bits per heavy atom. The van der Waals surface area contributed by atoms with Crippen LogP contribution in [0.1, 0.15) is 348 Å². The van der Waals surface area contributed by atoms with E-state index in [2.05, 4.69) is 43.5 Å². The molecule has 1 aliphatic rings. The number of rotatable bonds is 62. The van der Waals surface area contributed by atoms with Gasteiger partial charge in [-0.25, -0.2) is 0 Å². The predicted octanol–water partition coefficient (Wildman–Crippen LogP) is 16.8. The number of allylic oxidation sites excluding steroid dienone is 4. The molecule has 81 heavy (non-hydrogen) atoms. The summed E-state index contributed by atoms with van der Waals surface area (Å²) in [6.07, 6.45) is 62.8. The second-order valence-corrected chi connectivity index (χ2v) is 25.0. The van der Waals surface area contributed by atoms with Crippen molar-refractivity contribution in [3.05, 3.63) is 24.3 Å². The molecule has 0 aromatic heterocycles. The van der Waals surface area contributed by atoms with Crippen molar-refractivity contribution in [2.75, 3.05) is 13.2 Å². The number of hydrogen-bond acceptors (Lipinski definition) is 10. The highest BCUT2D eigenvalue weighted by Gasteiger charge is 2.44. The monoisotopic (exact) mass is 1150 g/mol. The Labute approximate surface area is 499 Å². The fourth-order valence-electron chi connectivity index (χ4n) is 11.6. The molecule has 11 nitrogen and oxygen atoms in total. The Balaban J connectivity index is 2.17. The highest BCUT2D eigenvalue weighted by atomic mass is 16.7. The molecule has 0 aromatic carbocycles. The smallest absolute Gasteiger partial charge is 0.249 e. The van der Waals surface area contributed by atoms with Crippen LogP contribution in [0.5, 0.6) is 0 Å². The Kier molecular flexibility index (Phi) is 56.5. The van der Waals surface area contributed by atoms with Crippen LogP contribution in [0.25, 0.3) is 0 Å². The Bertz CT molecular complexity index is 1370. The largest absolute Gasteiger partial charge is 0.394 e. The van der Waals surface area contributed by atoms with E-state index in [4.69, 9.17) is 9.47 Å². The van der Waals surface area contributed by atoms with Gasteiger partial charge in [-0.2, -0.15) is 0 Å². The van der Waals surface area contributed by atoms with Crippen LogP contribution in [0, 0.1) is 0 Å². The van der Waals surface area contributed by atoms with Crippen LogP contribution in [0.3, 0.4) is 0 Å². The topological polar surface area (TPSA) is 189 Å². The average Bonchev–Trinajstić information content (AvgIpc) is 3.49. The first kappa shape index (κ1) is 77.6. The highest BCUT2D eigenvalue weighted by Crippen LogP contribution is 2.24. The maximum Gasteiger partial charge on any atom is 0.249 e. The van der Waals surface area contributed by atoms with Crippen LogP contribution < -0.4 is 5.32 Å². The molecule has 9 atom stereocenters. The van der Waals surface area contributed by atoms with Crippen molar-refractivity contribution in [1.29, 1.82) is 0 Å². The van der Waals surface area contributed by atoms with Gasteiger partial charge in [-0.15, -0.1) is 0 Å². The summed E-state index contributed by atoms with van der Waals surface area (Å²) in [6.45, 7) is 3.49. The van der Waals surface area contributed by atoms with Crippen molar-refractivity contribution >= 4 is 5.91 Å². The third kappa shape index (κ3) is 46.5. The van der Waals surface area contributed by atoms with Crippen LogP contribution in [0.15, 0.2) is 24.3 Å². The predicted molar refractivity (Wildman–Crippen MR) is 339 cm³/mol. The Morgan fingerprint density at radius 1 is 0.420 bits per heavy atom. The zero-order chi connectivity index (χ0) is 58.9. The van der Waals surface area contributed by atoms with Gasteiger partial charge in [-0.1, -0.05) is 321 Å². The molecular formula is C70H135NO10. The van der Waals surface area contributed by atoms with Crippen molar-refractivity contribution in [3.8, 4) is 0 Å². The van der Waals surface area contributed by atoms with E-state index in [0.717, 1.165) is 38.5 Å². The molecule has 1 fully saturated rings. The molecule has 0 bridgehead atoms. The summed E-state index contributed by atoms with van der Waals surface area (Å²) >= 11 is 0. The first-order valence-corrected chi connectivity index (χ1v) is 35.2. The lowest BCUT2D eigenvalue weighted by atomic mass is 9.98. The summed E-state index contributed by atoms with van der Waals surface area (Å²) in [5, 5.41) is 76.4. The molecule has 1 heterocycles. The summed E-state index contributed by atoms with van der Waals surface area (Å²) in [5.41, 5.74) is 0. The quantitative estimate of drug-likeness (QED) is 0.0215. The van der Waals surface area contributed by atoms with Crippen molar-refractivity contribution in [3.63, 3.8) is 0 Å². The van der Waals surface area contributed by atoms with Gasteiger partial charge in [0.15, 0.2) is 6.29 Å².